The predicted molar refractivity (Wildman–Crippen MR) is 97.9 cm³/mol. The van der Waals surface area contributed by atoms with Crippen molar-refractivity contribution in [1.82, 2.24) is 0 Å². The van der Waals surface area contributed by atoms with E-state index in [4.69, 9.17) is 4.74 Å². The Hall–Kier alpha value is -2.54. The highest BCUT2D eigenvalue weighted by Gasteiger charge is 2.43. The second-order valence-corrected chi connectivity index (χ2v) is 7.93. The van der Waals surface area contributed by atoms with Gasteiger partial charge in [0.2, 0.25) is 0 Å². The highest BCUT2D eigenvalue weighted by molar-refractivity contribution is 7.93. The van der Waals surface area contributed by atoms with Gasteiger partial charge < -0.3 is 9.84 Å². The molecular formula is C19H21NO5S. The van der Waals surface area contributed by atoms with E-state index in [1.807, 2.05) is 0 Å². The van der Waals surface area contributed by atoms with E-state index < -0.39 is 22.0 Å². The maximum Gasteiger partial charge on any atom is 0.305 e. The zero-order valence-corrected chi connectivity index (χ0v) is 15.3. The van der Waals surface area contributed by atoms with E-state index in [9.17, 15) is 18.3 Å². The first-order valence-corrected chi connectivity index (χ1v) is 9.97. The van der Waals surface area contributed by atoms with Crippen molar-refractivity contribution in [3.8, 4) is 5.75 Å². The van der Waals surface area contributed by atoms with Gasteiger partial charge in [-0.15, -0.1) is 0 Å². The van der Waals surface area contributed by atoms with Crippen molar-refractivity contribution in [2.24, 2.45) is 0 Å². The number of hydrogen-bond acceptors (Lipinski definition) is 4. The summed E-state index contributed by atoms with van der Waals surface area (Å²) >= 11 is 0. The van der Waals surface area contributed by atoms with Crippen LogP contribution >= 0.6 is 0 Å². The first kappa shape index (κ1) is 18.3. The Morgan fingerprint density at radius 3 is 2.50 bits per heavy atom. The van der Waals surface area contributed by atoms with Crippen LogP contribution in [0, 0.1) is 0 Å². The molecule has 26 heavy (non-hydrogen) atoms. The van der Waals surface area contributed by atoms with E-state index in [0.717, 1.165) is 12.8 Å². The van der Waals surface area contributed by atoms with Crippen molar-refractivity contribution in [2.75, 3.05) is 10.9 Å². The number of carbonyl (C=O) groups is 1. The third-order valence-corrected chi connectivity index (χ3v) is 6.23. The molecule has 1 atom stereocenters. The number of anilines is 1. The molecule has 0 aliphatic carbocycles. The minimum absolute atomic E-state index is 0.162. The normalized spacial score (nSPS) is 17.7. The highest BCUT2D eigenvalue weighted by atomic mass is 32.2. The smallest absolute Gasteiger partial charge is 0.305 e. The highest BCUT2D eigenvalue weighted by Crippen LogP contribution is 2.44. The van der Waals surface area contributed by atoms with Gasteiger partial charge in [-0.05, 0) is 42.3 Å². The number of carboxylic acid groups (broad SMARTS) is 1. The van der Waals surface area contributed by atoms with Crippen LogP contribution in [0.2, 0.25) is 0 Å². The van der Waals surface area contributed by atoms with Crippen LogP contribution < -0.4 is 9.04 Å². The fraction of sp³-hybridized carbons (Fsp3) is 0.316. The number of hydrogen-bond donors (Lipinski definition) is 1. The zero-order valence-electron chi connectivity index (χ0n) is 14.5. The Bertz CT molecular complexity index is 892. The lowest BCUT2D eigenvalue weighted by atomic mass is 10.0. The van der Waals surface area contributed by atoms with Crippen molar-refractivity contribution in [3.05, 3.63) is 54.1 Å². The van der Waals surface area contributed by atoms with Crippen molar-refractivity contribution in [2.45, 2.75) is 37.1 Å². The molecule has 0 radical (unpaired) electrons. The fourth-order valence-corrected chi connectivity index (χ4v) is 4.98. The van der Waals surface area contributed by atoms with Crippen LogP contribution in [0.3, 0.4) is 0 Å². The first-order chi connectivity index (χ1) is 12.4. The van der Waals surface area contributed by atoms with Gasteiger partial charge in [0.25, 0.3) is 10.0 Å². The maximum absolute atomic E-state index is 13.0. The number of sulfonamides is 1. The Morgan fingerprint density at radius 2 is 1.85 bits per heavy atom. The van der Waals surface area contributed by atoms with Crippen LogP contribution in [-0.4, -0.2) is 26.1 Å². The Labute approximate surface area is 153 Å². The standard InChI is InChI=1S/C19H21NO5S/c1-2-3-12-25-15-10-8-14(9-11-15)20-17(13-19(21)22)16-6-4-5-7-18(16)26(20,23)24/h4-11,17H,2-3,12-13H2,1H3,(H,21,22). The summed E-state index contributed by atoms with van der Waals surface area (Å²) in [6, 6.07) is 12.5. The molecule has 2 aromatic carbocycles. The zero-order chi connectivity index (χ0) is 18.7. The van der Waals surface area contributed by atoms with Gasteiger partial charge in [0, 0.05) is 0 Å². The van der Waals surface area contributed by atoms with E-state index in [2.05, 4.69) is 6.92 Å². The Morgan fingerprint density at radius 1 is 1.15 bits per heavy atom. The molecule has 6 nitrogen and oxygen atoms in total. The molecule has 1 aliphatic heterocycles. The van der Waals surface area contributed by atoms with Crippen LogP contribution in [0.15, 0.2) is 53.4 Å². The van der Waals surface area contributed by atoms with E-state index in [1.54, 1.807) is 42.5 Å². The van der Waals surface area contributed by atoms with Crippen LogP contribution in [-0.2, 0) is 14.8 Å². The number of nitrogens with zero attached hydrogens (tertiary/aromatic N) is 1. The molecule has 0 amide bonds. The molecule has 0 bridgehead atoms. The van der Waals surface area contributed by atoms with Gasteiger partial charge in [-0.3, -0.25) is 9.10 Å². The number of fused-ring (bicyclic) bond motifs is 1. The molecule has 1 N–H and O–H groups in total. The van der Waals surface area contributed by atoms with Crippen molar-refractivity contribution >= 4 is 21.7 Å². The molecule has 1 unspecified atom stereocenters. The summed E-state index contributed by atoms with van der Waals surface area (Å²) in [5, 5.41) is 9.26. The number of carboxylic acids is 1. The van der Waals surface area contributed by atoms with E-state index >= 15 is 0 Å². The number of rotatable bonds is 7. The quantitative estimate of drug-likeness (QED) is 0.748. The minimum Gasteiger partial charge on any atom is -0.494 e. The summed E-state index contributed by atoms with van der Waals surface area (Å²) < 4.78 is 32.8. The van der Waals surface area contributed by atoms with Gasteiger partial charge in [-0.25, -0.2) is 8.42 Å². The lowest BCUT2D eigenvalue weighted by Gasteiger charge is -2.24. The van der Waals surface area contributed by atoms with E-state index in [0.29, 0.717) is 23.6 Å². The average Bonchev–Trinajstić information content (AvgIpc) is 2.83. The summed E-state index contributed by atoms with van der Waals surface area (Å²) in [7, 11) is -3.80. The largest absolute Gasteiger partial charge is 0.494 e. The molecule has 0 aromatic heterocycles. The van der Waals surface area contributed by atoms with Gasteiger partial charge in [-0.1, -0.05) is 31.5 Å². The summed E-state index contributed by atoms with van der Waals surface area (Å²) in [6.07, 6.45) is 1.67. The number of unbranched alkanes of at least 4 members (excludes halogenated alkanes) is 1. The molecule has 2 aromatic rings. The molecule has 3 rings (SSSR count). The van der Waals surface area contributed by atoms with Crippen molar-refractivity contribution in [1.29, 1.82) is 0 Å². The van der Waals surface area contributed by atoms with Gasteiger partial charge in [-0.2, -0.15) is 0 Å². The monoisotopic (exact) mass is 375 g/mol. The molecule has 0 saturated heterocycles. The predicted octanol–water partition coefficient (Wildman–Crippen LogP) is 3.59. The molecular weight excluding hydrogens is 354 g/mol. The maximum atomic E-state index is 13.0. The SMILES string of the molecule is CCCCOc1ccc(N2C(CC(=O)O)c3ccccc3S2(=O)=O)cc1. The molecule has 7 heteroatoms. The minimum atomic E-state index is -3.80. The number of benzene rings is 2. The number of aliphatic carboxylic acids is 1. The van der Waals surface area contributed by atoms with Crippen LogP contribution in [0.4, 0.5) is 5.69 Å². The summed E-state index contributed by atoms with van der Waals surface area (Å²) in [4.78, 5) is 11.5. The second kappa shape index (κ2) is 7.37. The lowest BCUT2D eigenvalue weighted by molar-refractivity contribution is -0.137. The van der Waals surface area contributed by atoms with Crippen molar-refractivity contribution < 1.29 is 23.1 Å². The summed E-state index contributed by atoms with van der Waals surface area (Å²) in [6.45, 7) is 2.68. The molecule has 0 saturated carbocycles. The van der Waals surface area contributed by atoms with Gasteiger partial charge >= 0.3 is 5.97 Å². The Balaban J connectivity index is 1.95. The van der Waals surface area contributed by atoms with Gasteiger partial charge in [0.15, 0.2) is 0 Å². The fourth-order valence-electron chi connectivity index (χ4n) is 3.09. The number of ether oxygens (including phenoxy) is 1. The third kappa shape index (κ3) is 3.39. The van der Waals surface area contributed by atoms with E-state index in [-0.39, 0.29) is 11.3 Å². The molecule has 1 heterocycles. The van der Waals surface area contributed by atoms with Crippen LogP contribution in [0.5, 0.6) is 5.75 Å². The molecule has 0 spiro atoms. The summed E-state index contributed by atoms with van der Waals surface area (Å²) in [5.74, 6) is -0.391. The first-order valence-electron chi connectivity index (χ1n) is 8.53. The average molecular weight is 375 g/mol. The second-order valence-electron chi connectivity index (χ2n) is 6.15. The van der Waals surface area contributed by atoms with Gasteiger partial charge in [0.1, 0.15) is 5.75 Å². The van der Waals surface area contributed by atoms with Crippen LogP contribution in [0.1, 0.15) is 37.8 Å². The van der Waals surface area contributed by atoms with Crippen LogP contribution in [0.25, 0.3) is 0 Å². The van der Waals surface area contributed by atoms with Crippen molar-refractivity contribution in [3.63, 3.8) is 0 Å². The topological polar surface area (TPSA) is 83.9 Å². The van der Waals surface area contributed by atoms with Gasteiger partial charge in [0.05, 0.1) is 29.7 Å². The van der Waals surface area contributed by atoms with E-state index in [1.165, 1.54) is 10.4 Å². The molecule has 138 valence electrons. The molecule has 1 aliphatic rings. The summed E-state index contributed by atoms with van der Waals surface area (Å²) in [5.41, 5.74) is 0.938. The third-order valence-electron chi connectivity index (χ3n) is 4.32. The molecule has 0 fully saturated rings. The Kier molecular flexibility index (Phi) is 5.18. The lowest BCUT2D eigenvalue weighted by Crippen LogP contribution is -2.29.